The largest absolute Gasteiger partial charge is 0.397 e. The summed E-state index contributed by atoms with van der Waals surface area (Å²) in [4.78, 5) is 195. The molecule has 9 aliphatic rings. The van der Waals surface area contributed by atoms with Crippen LogP contribution in [0.15, 0.2) is 12.2 Å². The minimum absolute atomic E-state index is 0.00101. The van der Waals surface area contributed by atoms with Gasteiger partial charge in [0, 0.05) is 81.5 Å². The highest BCUT2D eigenvalue weighted by atomic mass is 19.4. The van der Waals surface area contributed by atoms with Crippen molar-refractivity contribution in [1.29, 1.82) is 0 Å². The molecule has 4 heterocycles. The van der Waals surface area contributed by atoms with Crippen molar-refractivity contribution in [2.75, 3.05) is 101 Å². The van der Waals surface area contributed by atoms with Crippen molar-refractivity contribution in [1.82, 2.24) is 60.0 Å². The molecular formula is C79H123F5N12O14. The normalized spacial score (nSPS) is 33.2. The molecule has 31 heteroatoms. The van der Waals surface area contributed by atoms with E-state index in [1.54, 1.807) is 19.9 Å². The van der Waals surface area contributed by atoms with Gasteiger partial charge < -0.3 is 69.5 Å². The summed E-state index contributed by atoms with van der Waals surface area (Å²) in [5, 5.41) is 8.72. The second-order valence-electron chi connectivity index (χ2n) is 33.5. The highest BCUT2D eigenvalue weighted by Crippen LogP contribution is 2.45. The van der Waals surface area contributed by atoms with Gasteiger partial charge in [0.2, 0.25) is 70.9 Å². The first-order valence-corrected chi connectivity index (χ1v) is 40.7. The van der Waals surface area contributed by atoms with Crippen LogP contribution in [0.3, 0.4) is 0 Å². The lowest BCUT2D eigenvalue weighted by Crippen LogP contribution is -2.68. The molecule has 9 rings (SSSR count). The molecule has 2 unspecified atom stereocenters. The van der Waals surface area contributed by atoms with Crippen LogP contribution in [0.25, 0.3) is 0 Å². The summed E-state index contributed by atoms with van der Waals surface area (Å²) in [6, 6.07) is -10.5. The first-order chi connectivity index (χ1) is 52.2. The fourth-order valence-electron chi connectivity index (χ4n) is 18.7. The van der Waals surface area contributed by atoms with Crippen LogP contribution >= 0.6 is 0 Å². The highest BCUT2D eigenvalue weighted by Gasteiger charge is 2.56. The predicted octanol–water partition coefficient (Wildman–Crippen LogP) is 6.11. The lowest BCUT2D eigenvalue weighted by atomic mass is 9.74. The van der Waals surface area contributed by atoms with Crippen molar-refractivity contribution < 1.29 is 89.0 Å². The van der Waals surface area contributed by atoms with Crippen molar-refractivity contribution in [3.8, 4) is 0 Å². The number of halogens is 5. The van der Waals surface area contributed by atoms with E-state index in [9.17, 15) is 22.8 Å². The lowest BCUT2D eigenvalue weighted by molar-refractivity contribution is -0.219. The summed E-state index contributed by atoms with van der Waals surface area (Å²) in [5.74, 6) is -12.8. The van der Waals surface area contributed by atoms with E-state index in [-0.39, 0.29) is 109 Å². The number of carbonyl (C=O) groups excluding carboxylic acids is 12. The number of nitrogens with zero attached hydrogens (tertiary/aromatic N) is 9. The van der Waals surface area contributed by atoms with Crippen molar-refractivity contribution in [2.45, 2.75) is 273 Å². The number of alkyl halides is 5. The van der Waals surface area contributed by atoms with E-state index in [2.05, 4.69) is 22.9 Å². The van der Waals surface area contributed by atoms with Gasteiger partial charge in [0.05, 0.1) is 38.8 Å². The molecule has 618 valence electrons. The molecule has 4 aliphatic heterocycles. The molecule has 0 aromatic carbocycles. The topological polar surface area (TPSA) is 289 Å². The Morgan fingerprint density at radius 3 is 1.85 bits per heavy atom. The summed E-state index contributed by atoms with van der Waals surface area (Å²) in [7, 11) is 8.56. The maximum absolute atomic E-state index is 15.8. The molecule has 26 nitrogen and oxygen atoms in total. The average Bonchev–Trinajstić information content (AvgIpc) is 1.31. The molecule has 5 saturated carbocycles. The number of ether oxygens (including phenoxy) is 2. The molecule has 0 radical (unpaired) electrons. The Balaban J connectivity index is 1.11. The monoisotopic (exact) mass is 1560 g/mol. The molecule has 1 spiro atoms. The summed E-state index contributed by atoms with van der Waals surface area (Å²) in [5.41, 5.74) is -1.65. The zero-order valence-electron chi connectivity index (χ0n) is 66.4. The Kier molecular flexibility index (Phi) is 30.5. The highest BCUT2D eigenvalue weighted by molar-refractivity contribution is 6.01. The summed E-state index contributed by atoms with van der Waals surface area (Å²) < 4.78 is 84.8. The Morgan fingerprint density at radius 1 is 0.627 bits per heavy atom. The number of hydrogen-bond donors (Lipinski definition) is 3. The maximum Gasteiger partial charge on any atom is 0.397 e. The van der Waals surface area contributed by atoms with E-state index >= 15 is 56.7 Å². The van der Waals surface area contributed by atoms with Crippen LogP contribution in [0.1, 0.15) is 195 Å². The van der Waals surface area contributed by atoms with E-state index in [4.69, 9.17) is 9.47 Å². The van der Waals surface area contributed by atoms with Crippen LogP contribution in [0.2, 0.25) is 0 Å². The molecule has 110 heavy (non-hydrogen) atoms. The fourth-order valence-corrected chi connectivity index (χ4v) is 18.7. The number of rotatable bonds is 13. The van der Waals surface area contributed by atoms with Crippen LogP contribution in [0.4, 0.5) is 22.0 Å². The minimum Gasteiger partial charge on any atom is -0.378 e. The molecule has 0 aromatic heterocycles. The zero-order chi connectivity index (χ0) is 80.2. The van der Waals surface area contributed by atoms with Gasteiger partial charge in [-0.2, -0.15) is 13.2 Å². The van der Waals surface area contributed by atoms with E-state index < -0.39 is 205 Å². The minimum atomic E-state index is -5.18. The van der Waals surface area contributed by atoms with E-state index in [1.165, 1.54) is 81.5 Å². The predicted molar refractivity (Wildman–Crippen MR) is 397 cm³/mol. The SMILES string of the molecule is CCO[C@@H]1C[C@H]2C(=O)NC3(CCC3)C(=O)N(C)[C@@H](C3CCCC3)C(=O)N(C)[C@H](C(=O)N3CCOCC3)CC(=O)N(C)[C@@H](CC3CCCC3)C(=O)N[C@@H]([C@@H](C)CC)C(=O)N(C)CC(=O)N(C)[C@H]3C/C=C\CCN(C3=O)[C@@H](CC3CCC(C)CC3)C(=O)N(C)CC(=O)N[C@@H](CCC3CC(F)C(C(F)(F)F)C(F)C3)C(=O)N2C1. The molecule has 3 N–H and O–H groups in total. The van der Waals surface area contributed by atoms with Crippen molar-refractivity contribution in [3.63, 3.8) is 0 Å². The van der Waals surface area contributed by atoms with E-state index in [0.717, 1.165) is 56.3 Å². The van der Waals surface area contributed by atoms with Gasteiger partial charge in [0.25, 0.3) is 0 Å². The summed E-state index contributed by atoms with van der Waals surface area (Å²) in [6.45, 7) is 6.74. The average molecular weight is 1560 g/mol. The lowest BCUT2D eigenvalue weighted by Gasteiger charge is -2.47. The first-order valence-electron chi connectivity index (χ1n) is 40.7. The Morgan fingerprint density at radius 2 is 1.25 bits per heavy atom. The zero-order valence-corrected chi connectivity index (χ0v) is 66.4. The third-order valence-corrected chi connectivity index (χ3v) is 26.0. The maximum atomic E-state index is 15.8. The molecule has 0 aromatic rings. The molecule has 5 aliphatic carbocycles. The van der Waals surface area contributed by atoms with Gasteiger partial charge >= 0.3 is 6.18 Å². The molecule has 12 atom stereocenters. The number of hydrogen-bond acceptors (Lipinski definition) is 14. The van der Waals surface area contributed by atoms with Gasteiger partial charge in [0.15, 0.2) is 0 Å². The van der Waals surface area contributed by atoms with Crippen LogP contribution in [-0.2, 0) is 67.0 Å². The van der Waals surface area contributed by atoms with Gasteiger partial charge in [-0.15, -0.1) is 0 Å². The Bertz CT molecular complexity index is 3270. The second kappa shape index (κ2) is 38.7. The number of nitrogens with one attached hydrogen (secondary N) is 3. The van der Waals surface area contributed by atoms with Crippen molar-refractivity contribution >= 4 is 70.9 Å². The fraction of sp³-hybridized carbons (Fsp3) is 0.823. The number of morpholine rings is 1. The van der Waals surface area contributed by atoms with E-state index in [1.807, 2.05) is 13.0 Å². The van der Waals surface area contributed by atoms with Crippen LogP contribution < -0.4 is 16.0 Å². The number of likely N-dealkylation sites (N-methyl/N-ethyl adjacent to an activating group) is 6. The number of amides is 12. The van der Waals surface area contributed by atoms with Gasteiger partial charge in [-0.25, -0.2) is 8.78 Å². The number of carbonyl (C=O) groups is 12. The third kappa shape index (κ3) is 20.8. The summed E-state index contributed by atoms with van der Waals surface area (Å²) in [6.07, 6.45) is 0.297. The quantitative estimate of drug-likeness (QED) is 0.139. The second-order valence-corrected chi connectivity index (χ2v) is 33.5. The smallest absolute Gasteiger partial charge is 0.378 e. The standard InChI is InChI=1S/C79H123F5N12O14/c1-11-49(4)67-75(106)89(6)47-65(99)90(7)58-25-14-13-19-34-95(74(58)105)62(42-51-28-26-48(3)27-29-51)72(103)88(5)46-63(97)85-57(31-30-52-39-55(80)66(56(81)40-52)79(82,83)84)71(102)96-45-54(110-12-2)43-60(96)70(101)87-78(32-20-33-78)77(108)93(10)68(53-23-17-18-24-53)76(107)92(9)61(73(104)94-35-37-109-38-36-94)44-64(98)91(8)59(69(100)86-67)41-50-21-15-16-22-50/h13-14,48-62,66-68H,11-12,15-47H2,1-10H3,(H,85,97)(H,86,100)(H,87,101)/b14-13-/t48?,49-,51?,52?,54+,55?,56?,57-,58-,59-,60-,61-,62-,66?,67-,68-/m0/s1. The van der Waals surface area contributed by atoms with Crippen LogP contribution in [0.5, 0.6) is 0 Å². The molecule has 2 bridgehead atoms. The molecule has 3 saturated heterocycles. The first kappa shape index (κ1) is 86.9. The van der Waals surface area contributed by atoms with Crippen LogP contribution in [0, 0.1) is 41.4 Å². The van der Waals surface area contributed by atoms with Gasteiger partial charge in [-0.3, -0.25) is 57.5 Å². The Hall–Kier alpha value is -7.05. The molecule has 8 fully saturated rings. The van der Waals surface area contributed by atoms with E-state index in [0.29, 0.717) is 50.9 Å². The Labute approximate surface area is 645 Å². The van der Waals surface area contributed by atoms with Gasteiger partial charge in [-0.1, -0.05) is 104 Å². The third-order valence-electron chi connectivity index (χ3n) is 26.0. The van der Waals surface area contributed by atoms with Gasteiger partial charge in [0.1, 0.15) is 72.1 Å². The van der Waals surface area contributed by atoms with Crippen molar-refractivity contribution in [2.24, 2.45) is 41.4 Å². The molecular weight excluding hydrogens is 1440 g/mol. The molecule has 12 amide bonds. The van der Waals surface area contributed by atoms with Crippen LogP contribution in [-0.4, -0.2) is 295 Å². The summed E-state index contributed by atoms with van der Waals surface area (Å²) >= 11 is 0. The number of fused-ring (bicyclic) bond motifs is 3. The van der Waals surface area contributed by atoms with Crippen molar-refractivity contribution in [3.05, 3.63) is 12.2 Å². The van der Waals surface area contributed by atoms with Gasteiger partial charge in [-0.05, 0) is 126 Å².